The fraction of sp³-hybridized carbons (Fsp3) is 0.500. The Morgan fingerprint density at radius 3 is 2.26 bits per heavy atom. The Bertz CT molecular complexity index is 468. The first kappa shape index (κ1) is 15.2. The van der Waals surface area contributed by atoms with Gasteiger partial charge in [0.2, 0.25) is 0 Å². The van der Waals surface area contributed by atoms with E-state index in [0.717, 1.165) is 5.56 Å². The van der Waals surface area contributed by atoms with Crippen molar-refractivity contribution in [3.63, 3.8) is 0 Å². The summed E-state index contributed by atoms with van der Waals surface area (Å²) in [7, 11) is 0. The highest BCUT2D eigenvalue weighted by Gasteiger charge is 2.34. The monoisotopic (exact) mass is 259 g/mol. The normalized spacial score (nSPS) is 14.3. The van der Waals surface area contributed by atoms with Crippen LogP contribution in [0.4, 0.5) is 0 Å². The Kier molecular flexibility index (Phi) is 4.72. The summed E-state index contributed by atoms with van der Waals surface area (Å²) < 4.78 is 5.33. The predicted octanol–water partition coefficient (Wildman–Crippen LogP) is 3.59. The lowest BCUT2D eigenvalue weighted by molar-refractivity contribution is -0.155. The summed E-state index contributed by atoms with van der Waals surface area (Å²) in [4.78, 5) is 12.0. The van der Waals surface area contributed by atoms with Crippen LogP contribution in [0.5, 0.6) is 0 Å². The Balaban J connectivity index is 2.97. The first-order chi connectivity index (χ1) is 8.83. The number of hydrogen-bond acceptors (Lipinski definition) is 3. The zero-order chi connectivity index (χ0) is 14.5. The molecule has 0 fully saturated rings. The number of nitrogens with zero attached hydrogens (tertiary/aromatic N) is 1. The number of benzene rings is 1. The van der Waals surface area contributed by atoms with Gasteiger partial charge in [-0.25, -0.2) is 0 Å². The predicted molar refractivity (Wildman–Crippen MR) is 74.5 cm³/mol. The van der Waals surface area contributed by atoms with Gasteiger partial charge in [-0.15, -0.1) is 0 Å². The third-order valence-electron chi connectivity index (χ3n) is 3.01. The summed E-state index contributed by atoms with van der Waals surface area (Å²) in [6.45, 7) is 7.40. The van der Waals surface area contributed by atoms with E-state index in [4.69, 9.17) is 4.74 Å². The number of nitriles is 1. The van der Waals surface area contributed by atoms with Crippen molar-refractivity contribution in [3.8, 4) is 6.07 Å². The molecule has 0 spiro atoms. The van der Waals surface area contributed by atoms with E-state index in [1.54, 1.807) is 0 Å². The molecule has 0 radical (unpaired) electrons. The van der Waals surface area contributed by atoms with Gasteiger partial charge in [0.25, 0.3) is 0 Å². The van der Waals surface area contributed by atoms with Gasteiger partial charge in [-0.2, -0.15) is 5.26 Å². The van der Waals surface area contributed by atoms with Gasteiger partial charge >= 0.3 is 5.97 Å². The number of rotatable bonds is 4. The second kappa shape index (κ2) is 5.88. The average molecular weight is 259 g/mol. The van der Waals surface area contributed by atoms with Crippen LogP contribution in [0.1, 0.15) is 46.1 Å². The third kappa shape index (κ3) is 4.10. The lowest BCUT2D eigenvalue weighted by Crippen LogP contribution is -2.32. The number of hydrogen-bond donors (Lipinski definition) is 0. The fourth-order valence-corrected chi connectivity index (χ4v) is 2.00. The summed E-state index contributed by atoms with van der Waals surface area (Å²) in [5, 5.41) is 9.52. The molecule has 19 heavy (non-hydrogen) atoms. The van der Waals surface area contributed by atoms with Crippen molar-refractivity contribution in [2.24, 2.45) is 0 Å². The first-order valence-corrected chi connectivity index (χ1v) is 6.51. The van der Waals surface area contributed by atoms with E-state index in [2.05, 4.69) is 6.07 Å². The van der Waals surface area contributed by atoms with Crippen LogP contribution in [-0.4, -0.2) is 11.6 Å². The standard InChI is InChI=1S/C16H21NO2/c1-5-16(12-17,13-9-7-6-8-10-13)11-14(18)19-15(2,3)4/h6-10H,5,11H2,1-4H3. The number of carbonyl (C=O) groups is 1. The van der Waals surface area contributed by atoms with Gasteiger partial charge in [0.1, 0.15) is 5.60 Å². The molecular weight excluding hydrogens is 238 g/mol. The van der Waals surface area contributed by atoms with Gasteiger partial charge in [-0.05, 0) is 32.8 Å². The van der Waals surface area contributed by atoms with Gasteiger partial charge in [-0.3, -0.25) is 4.79 Å². The van der Waals surface area contributed by atoms with Gasteiger partial charge < -0.3 is 4.74 Å². The maximum atomic E-state index is 12.0. The van der Waals surface area contributed by atoms with E-state index in [0.29, 0.717) is 6.42 Å². The second-order valence-corrected chi connectivity index (χ2v) is 5.68. The van der Waals surface area contributed by atoms with Crippen molar-refractivity contribution in [2.75, 3.05) is 0 Å². The molecule has 0 aromatic heterocycles. The molecule has 3 heteroatoms. The summed E-state index contributed by atoms with van der Waals surface area (Å²) in [5.41, 5.74) is -0.461. The Morgan fingerprint density at radius 2 is 1.84 bits per heavy atom. The molecule has 0 N–H and O–H groups in total. The van der Waals surface area contributed by atoms with Crippen molar-refractivity contribution in [1.29, 1.82) is 5.26 Å². The van der Waals surface area contributed by atoms with E-state index in [-0.39, 0.29) is 12.4 Å². The molecule has 0 saturated heterocycles. The van der Waals surface area contributed by atoms with Gasteiger partial charge in [-0.1, -0.05) is 37.3 Å². The highest BCUT2D eigenvalue weighted by Crippen LogP contribution is 2.32. The van der Waals surface area contributed by atoms with Crippen LogP contribution in [0.25, 0.3) is 0 Å². The van der Waals surface area contributed by atoms with Gasteiger partial charge in [0, 0.05) is 0 Å². The lowest BCUT2D eigenvalue weighted by Gasteiger charge is -2.27. The zero-order valence-corrected chi connectivity index (χ0v) is 12.1. The maximum Gasteiger partial charge on any atom is 0.308 e. The van der Waals surface area contributed by atoms with Crippen molar-refractivity contribution >= 4 is 5.97 Å². The number of esters is 1. The molecule has 1 aromatic rings. The van der Waals surface area contributed by atoms with Gasteiger partial charge in [0.15, 0.2) is 0 Å². The van der Waals surface area contributed by atoms with E-state index in [1.165, 1.54) is 0 Å². The van der Waals surface area contributed by atoms with Gasteiger partial charge in [0.05, 0.1) is 17.9 Å². The van der Waals surface area contributed by atoms with Crippen LogP contribution >= 0.6 is 0 Å². The molecule has 1 rings (SSSR count). The SMILES string of the molecule is CCC(C#N)(CC(=O)OC(C)(C)C)c1ccccc1. The first-order valence-electron chi connectivity index (χ1n) is 6.51. The van der Waals surface area contributed by atoms with Crippen molar-refractivity contribution in [1.82, 2.24) is 0 Å². The molecule has 1 atom stereocenters. The highest BCUT2D eigenvalue weighted by atomic mass is 16.6. The Labute approximate surface area is 115 Å². The lowest BCUT2D eigenvalue weighted by atomic mass is 9.77. The molecule has 1 unspecified atom stereocenters. The summed E-state index contributed by atoms with van der Waals surface area (Å²) in [5.74, 6) is -0.334. The maximum absolute atomic E-state index is 12.0. The van der Waals surface area contributed by atoms with Crippen LogP contribution in [0.2, 0.25) is 0 Å². The minimum atomic E-state index is -0.802. The molecule has 0 amide bonds. The van der Waals surface area contributed by atoms with Crippen molar-refractivity contribution in [3.05, 3.63) is 35.9 Å². The zero-order valence-electron chi connectivity index (χ0n) is 12.1. The highest BCUT2D eigenvalue weighted by molar-refractivity contribution is 5.73. The molecule has 0 bridgehead atoms. The molecule has 0 aliphatic carbocycles. The summed E-state index contributed by atoms with van der Waals surface area (Å²) >= 11 is 0. The molecular formula is C16H21NO2. The minimum Gasteiger partial charge on any atom is -0.460 e. The molecule has 3 nitrogen and oxygen atoms in total. The second-order valence-electron chi connectivity index (χ2n) is 5.68. The quantitative estimate of drug-likeness (QED) is 0.776. The van der Waals surface area contributed by atoms with Crippen LogP contribution in [-0.2, 0) is 14.9 Å². The van der Waals surface area contributed by atoms with E-state index in [9.17, 15) is 10.1 Å². The van der Waals surface area contributed by atoms with E-state index in [1.807, 2.05) is 58.0 Å². The molecule has 0 aliphatic heterocycles. The summed E-state index contributed by atoms with van der Waals surface area (Å²) in [6, 6.07) is 11.7. The van der Waals surface area contributed by atoms with Crippen LogP contribution in [0.15, 0.2) is 30.3 Å². The third-order valence-corrected chi connectivity index (χ3v) is 3.01. The molecule has 0 heterocycles. The largest absolute Gasteiger partial charge is 0.460 e. The molecule has 0 aliphatic rings. The van der Waals surface area contributed by atoms with E-state index < -0.39 is 11.0 Å². The van der Waals surface area contributed by atoms with Crippen LogP contribution < -0.4 is 0 Å². The van der Waals surface area contributed by atoms with Crippen LogP contribution in [0, 0.1) is 11.3 Å². The topological polar surface area (TPSA) is 50.1 Å². The fourth-order valence-electron chi connectivity index (χ4n) is 2.00. The van der Waals surface area contributed by atoms with Crippen LogP contribution in [0.3, 0.4) is 0 Å². The smallest absolute Gasteiger partial charge is 0.308 e. The molecule has 102 valence electrons. The number of ether oxygens (including phenoxy) is 1. The Hall–Kier alpha value is -1.82. The Morgan fingerprint density at radius 1 is 1.26 bits per heavy atom. The molecule has 0 saturated carbocycles. The molecule has 1 aromatic carbocycles. The number of carbonyl (C=O) groups excluding carboxylic acids is 1. The van der Waals surface area contributed by atoms with Crippen molar-refractivity contribution in [2.45, 2.75) is 51.6 Å². The van der Waals surface area contributed by atoms with E-state index >= 15 is 0 Å². The van der Waals surface area contributed by atoms with Crippen molar-refractivity contribution < 1.29 is 9.53 Å². The average Bonchev–Trinajstić information content (AvgIpc) is 2.35. The summed E-state index contributed by atoms with van der Waals surface area (Å²) in [6.07, 6.45) is 0.661. The minimum absolute atomic E-state index is 0.0846.